The van der Waals surface area contributed by atoms with E-state index < -0.39 is 11.0 Å². The SMILES string of the molecule is CC1=CCC(O)(C(C)(C)c2ccc(O)cc2O)C=C1. The van der Waals surface area contributed by atoms with E-state index >= 15 is 0 Å². The molecule has 0 heterocycles. The van der Waals surface area contributed by atoms with E-state index in [0.29, 0.717) is 12.0 Å². The van der Waals surface area contributed by atoms with Gasteiger partial charge in [-0.25, -0.2) is 0 Å². The van der Waals surface area contributed by atoms with Gasteiger partial charge in [-0.1, -0.05) is 43.7 Å². The molecule has 1 unspecified atom stereocenters. The summed E-state index contributed by atoms with van der Waals surface area (Å²) in [5.41, 5.74) is 0.0141. The average molecular weight is 260 g/mol. The summed E-state index contributed by atoms with van der Waals surface area (Å²) in [4.78, 5) is 0. The van der Waals surface area contributed by atoms with Gasteiger partial charge in [0.2, 0.25) is 0 Å². The van der Waals surface area contributed by atoms with Gasteiger partial charge in [0.1, 0.15) is 11.5 Å². The molecule has 0 saturated carbocycles. The number of aromatic hydroxyl groups is 2. The molecule has 19 heavy (non-hydrogen) atoms. The van der Waals surface area contributed by atoms with Crippen molar-refractivity contribution in [2.45, 2.75) is 38.2 Å². The van der Waals surface area contributed by atoms with Crippen LogP contribution in [0.15, 0.2) is 42.0 Å². The molecule has 102 valence electrons. The summed E-state index contributed by atoms with van der Waals surface area (Å²) >= 11 is 0. The first-order chi connectivity index (χ1) is 8.76. The second-order valence-corrected chi connectivity index (χ2v) is 5.74. The molecule has 1 aliphatic rings. The van der Waals surface area contributed by atoms with E-state index in [9.17, 15) is 15.3 Å². The van der Waals surface area contributed by atoms with Crippen LogP contribution < -0.4 is 0 Å². The normalized spacial score (nSPS) is 23.3. The van der Waals surface area contributed by atoms with Crippen molar-refractivity contribution in [3.05, 3.63) is 47.6 Å². The summed E-state index contributed by atoms with van der Waals surface area (Å²) in [5, 5.41) is 30.2. The summed E-state index contributed by atoms with van der Waals surface area (Å²) in [6, 6.07) is 4.48. The minimum Gasteiger partial charge on any atom is -0.508 e. The van der Waals surface area contributed by atoms with Gasteiger partial charge in [-0.15, -0.1) is 0 Å². The van der Waals surface area contributed by atoms with Gasteiger partial charge in [-0.2, -0.15) is 0 Å². The third-order valence-corrected chi connectivity index (χ3v) is 4.09. The summed E-state index contributed by atoms with van der Waals surface area (Å²) in [5.74, 6) is 0.0112. The molecule has 0 saturated heterocycles. The molecule has 0 radical (unpaired) electrons. The average Bonchev–Trinajstić information content (AvgIpc) is 2.32. The van der Waals surface area contributed by atoms with Crippen LogP contribution in [0.1, 0.15) is 32.8 Å². The number of allylic oxidation sites excluding steroid dienone is 2. The first-order valence-electron chi connectivity index (χ1n) is 6.37. The maximum absolute atomic E-state index is 10.9. The van der Waals surface area contributed by atoms with Crippen molar-refractivity contribution in [1.82, 2.24) is 0 Å². The van der Waals surface area contributed by atoms with Crippen molar-refractivity contribution in [3.63, 3.8) is 0 Å². The number of rotatable bonds is 2. The summed E-state index contributed by atoms with van der Waals surface area (Å²) in [6.45, 7) is 5.76. The molecule has 1 aromatic rings. The number of phenols is 2. The van der Waals surface area contributed by atoms with Gasteiger partial charge in [-0.05, 0) is 19.4 Å². The van der Waals surface area contributed by atoms with Crippen LogP contribution in [0.25, 0.3) is 0 Å². The lowest BCUT2D eigenvalue weighted by atomic mass is 9.66. The Labute approximate surface area is 113 Å². The maximum Gasteiger partial charge on any atom is 0.123 e. The van der Waals surface area contributed by atoms with Gasteiger partial charge in [0.05, 0.1) is 5.60 Å². The van der Waals surface area contributed by atoms with E-state index in [1.165, 1.54) is 12.1 Å². The lowest BCUT2D eigenvalue weighted by Crippen LogP contribution is -2.46. The fraction of sp³-hybridized carbons (Fsp3) is 0.375. The molecule has 0 bridgehead atoms. The molecule has 0 amide bonds. The highest BCUT2D eigenvalue weighted by Gasteiger charge is 2.44. The highest BCUT2D eigenvalue weighted by molar-refractivity contribution is 5.46. The van der Waals surface area contributed by atoms with E-state index in [1.807, 2.05) is 32.9 Å². The van der Waals surface area contributed by atoms with Gasteiger partial charge >= 0.3 is 0 Å². The largest absolute Gasteiger partial charge is 0.508 e. The molecule has 2 rings (SSSR count). The van der Waals surface area contributed by atoms with E-state index in [0.717, 1.165) is 5.57 Å². The Kier molecular flexibility index (Phi) is 3.19. The summed E-state index contributed by atoms with van der Waals surface area (Å²) in [6.07, 6.45) is 6.17. The minimum atomic E-state index is -1.05. The number of hydrogen-bond acceptors (Lipinski definition) is 3. The molecule has 3 nitrogen and oxygen atoms in total. The van der Waals surface area contributed by atoms with E-state index in [1.54, 1.807) is 12.1 Å². The van der Waals surface area contributed by atoms with Gasteiger partial charge in [0.25, 0.3) is 0 Å². The van der Waals surface area contributed by atoms with Crippen LogP contribution in [0.5, 0.6) is 11.5 Å². The molecule has 1 atom stereocenters. The van der Waals surface area contributed by atoms with Crippen LogP contribution in [-0.4, -0.2) is 20.9 Å². The highest BCUT2D eigenvalue weighted by atomic mass is 16.3. The zero-order valence-corrected chi connectivity index (χ0v) is 11.5. The van der Waals surface area contributed by atoms with Crippen molar-refractivity contribution in [2.75, 3.05) is 0 Å². The Morgan fingerprint density at radius 3 is 2.42 bits per heavy atom. The molecular formula is C16H20O3. The van der Waals surface area contributed by atoms with Crippen LogP contribution in [0.2, 0.25) is 0 Å². The molecule has 3 N–H and O–H groups in total. The van der Waals surface area contributed by atoms with Crippen molar-refractivity contribution in [2.24, 2.45) is 0 Å². The summed E-state index contributed by atoms with van der Waals surface area (Å²) in [7, 11) is 0. The molecule has 0 spiro atoms. The fourth-order valence-electron chi connectivity index (χ4n) is 2.47. The Morgan fingerprint density at radius 1 is 1.21 bits per heavy atom. The van der Waals surface area contributed by atoms with Gasteiger partial charge in [0.15, 0.2) is 0 Å². The number of phenolic OH excluding ortho intramolecular Hbond substituents is 2. The minimum absolute atomic E-state index is 0.00176. The third kappa shape index (κ3) is 2.26. The van der Waals surface area contributed by atoms with Gasteiger partial charge < -0.3 is 15.3 Å². The summed E-state index contributed by atoms with van der Waals surface area (Å²) < 4.78 is 0. The number of hydrogen-bond donors (Lipinski definition) is 3. The van der Waals surface area contributed by atoms with Crippen molar-refractivity contribution in [3.8, 4) is 11.5 Å². The standard InChI is InChI=1S/C16H20O3/c1-11-6-8-16(19,9-7-11)15(2,3)13-5-4-12(17)10-14(13)18/h4-8,10,17-19H,9H2,1-3H3. The first kappa shape index (κ1) is 13.7. The first-order valence-corrected chi connectivity index (χ1v) is 6.37. The molecule has 3 heteroatoms. The predicted molar refractivity (Wildman–Crippen MR) is 75.3 cm³/mol. The molecule has 0 fully saturated rings. The van der Waals surface area contributed by atoms with Crippen LogP contribution in [0.4, 0.5) is 0 Å². The van der Waals surface area contributed by atoms with Crippen molar-refractivity contribution < 1.29 is 15.3 Å². The lowest BCUT2D eigenvalue weighted by Gasteiger charge is -2.42. The van der Waals surface area contributed by atoms with Gasteiger partial charge in [0, 0.05) is 17.0 Å². The molecule has 0 aromatic heterocycles. The molecule has 1 aromatic carbocycles. The third-order valence-electron chi connectivity index (χ3n) is 4.09. The maximum atomic E-state index is 10.9. The quantitative estimate of drug-likeness (QED) is 0.766. The van der Waals surface area contributed by atoms with Crippen molar-refractivity contribution >= 4 is 0 Å². The molecule has 1 aliphatic carbocycles. The second kappa shape index (κ2) is 4.42. The van der Waals surface area contributed by atoms with Crippen LogP contribution >= 0.6 is 0 Å². The Balaban J connectivity index is 2.45. The predicted octanol–water partition coefficient (Wildman–Crippen LogP) is 3.01. The number of benzene rings is 1. The molecule has 0 aliphatic heterocycles. The van der Waals surface area contributed by atoms with E-state index in [-0.39, 0.29) is 11.5 Å². The van der Waals surface area contributed by atoms with Crippen LogP contribution in [0.3, 0.4) is 0 Å². The zero-order chi connectivity index (χ0) is 14.3. The highest BCUT2D eigenvalue weighted by Crippen LogP contribution is 2.44. The topological polar surface area (TPSA) is 60.7 Å². The van der Waals surface area contributed by atoms with Crippen molar-refractivity contribution in [1.29, 1.82) is 0 Å². The Morgan fingerprint density at radius 2 is 1.89 bits per heavy atom. The monoisotopic (exact) mass is 260 g/mol. The van der Waals surface area contributed by atoms with E-state index in [2.05, 4.69) is 0 Å². The second-order valence-electron chi connectivity index (χ2n) is 5.74. The zero-order valence-electron chi connectivity index (χ0n) is 11.5. The van der Waals surface area contributed by atoms with Crippen LogP contribution in [-0.2, 0) is 5.41 Å². The Hall–Kier alpha value is -1.74. The molecular weight excluding hydrogens is 240 g/mol. The van der Waals surface area contributed by atoms with E-state index in [4.69, 9.17) is 0 Å². The number of aliphatic hydroxyl groups is 1. The lowest BCUT2D eigenvalue weighted by molar-refractivity contribution is 0.0205. The fourth-order valence-corrected chi connectivity index (χ4v) is 2.47. The van der Waals surface area contributed by atoms with Gasteiger partial charge in [-0.3, -0.25) is 0 Å². The Bertz CT molecular complexity index is 555. The smallest absolute Gasteiger partial charge is 0.123 e. The van der Waals surface area contributed by atoms with Crippen LogP contribution in [0, 0.1) is 0 Å².